The number of rotatable bonds is 7. The number of carbonyl (C=O) groups excluding carboxylic acids is 4. The molecule has 5 bridgehead atoms. The molecule has 9 rings (SSSR count). The minimum atomic E-state index is -1.92. The number of anilines is 1. The van der Waals surface area contributed by atoms with Gasteiger partial charge in [0.05, 0.1) is 35.2 Å². The number of aliphatic hydroxyl groups excluding tert-OH is 2. The summed E-state index contributed by atoms with van der Waals surface area (Å²) in [5.41, 5.74) is -0.416. The fourth-order valence-electron chi connectivity index (χ4n) is 11.1. The maximum Gasteiger partial charge on any atom is 0.315 e. The third kappa shape index (κ3) is 12.0. The van der Waals surface area contributed by atoms with Crippen molar-refractivity contribution in [3.63, 3.8) is 0 Å². The molecule has 4 unspecified atom stereocenters. The molecule has 19 nitrogen and oxygen atoms in total. The number of benzene rings is 2. The highest BCUT2D eigenvalue weighted by Crippen LogP contribution is 2.50. The Labute approximate surface area is 439 Å². The molecule has 7 atom stereocenters. The smallest absolute Gasteiger partial charge is 0.315 e. The lowest BCUT2D eigenvalue weighted by molar-refractivity contribution is -0.161. The predicted octanol–water partition coefficient (Wildman–Crippen LogP) is 5.21. The van der Waals surface area contributed by atoms with E-state index in [1.54, 1.807) is 43.2 Å². The van der Waals surface area contributed by atoms with Crippen LogP contribution in [0.4, 0.5) is 5.69 Å². The number of Topliss-reactive ketones (excluding diaryl/α,β-unsaturated/α-hetero) is 1. The average molecular weight is 1040 g/mol. The van der Waals surface area contributed by atoms with Gasteiger partial charge in [-0.25, -0.2) is 4.98 Å². The number of carbonyl (C=O) groups is 4. The number of imidazole rings is 1. The molecule has 2 aromatic carbocycles. The lowest BCUT2D eigenvalue weighted by Gasteiger charge is -2.36. The van der Waals surface area contributed by atoms with Crippen molar-refractivity contribution in [2.45, 2.75) is 125 Å². The number of piperazine rings is 1. The first-order chi connectivity index (χ1) is 35.6. The summed E-state index contributed by atoms with van der Waals surface area (Å²) in [5.74, 6) is -4.64. The van der Waals surface area contributed by atoms with Crippen LogP contribution in [-0.2, 0) is 37.4 Å². The van der Waals surface area contributed by atoms with Crippen molar-refractivity contribution in [3.8, 4) is 17.2 Å². The van der Waals surface area contributed by atoms with Crippen molar-refractivity contribution in [3.05, 3.63) is 76.2 Å². The van der Waals surface area contributed by atoms with Crippen LogP contribution in [0.3, 0.4) is 0 Å². The first-order valence-corrected chi connectivity index (χ1v) is 26.4. The number of phenols is 2. The standard InChI is InChI=1S/C55H74N8O10.CH4O/c1-31(2)29-61-19-16-55(17-20-61)58-44-41-42-48(67)37(8)51-43(41)52(69)54(9,73-51)71-26-12-15-33(4)50(72-40(65)28-39(64)63-24-22-62(23-25-63)30-38-56-18-21-60(38)10)36(7)47(66)35(6)27-32(3)13-11-14-34(5)53(70)57-46(49(42)68)45(44)59-55;1-2/h11-14,18,21,26,31-33,35-36,47,50,66-68H,15-17,19-20,22-25,27-30H2,1-10H3,(H,57,70);2H,1H3/b13-11+,26-12+,34-14-;/t32?,33-,35-,36-,47?,50?,54?;/m1./s1. The van der Waals surface area contributed by atoms with Crippen LogP contribution in [-0.4, -0.2) is 145 Å². The van der Waals surface area contributed by atoms with Crippen molar-refractivity contribution >= 4 is 40.0 Å². The summed E-state index contributed by atoms with van der Waals surface area (Å²) in [5, 5.41) is 46.4. The minimum Gasteiger partial charge on any atom is -0.507 e. The van der Waals surface area contributed by atoms with E-state index in [-0.39, 0.29) is 74.0 Å². The number of esters is 1. The molecular weight excluding hydrogens is 961 g/mol. The van der Waals surface area contributed by atoms with Crippen molar-refractivity contribution in [2.24, 2.45) is 46.6 Å². The van der Waals surface area contributed by atoms with E-state index in [1.807, 2.05) is 51.6 Å². The fourth-order valence-corrected chi connectivity index (χ4v) is 11.1. The molecule has 1 spiro atoms. The second-order valence-corrected chi connectivity index (χ2v) is 21.8. The number of aromatic nitrogens is 2. The van der Waals surface area contributed by atoms with Gasteiger partial charge in [-0.05, 0) is 56.4 Å². The van der Waals surface area contributed by atoms with Gasteiger partial charge in [-0.1, -0.05) is 59.8 Å². The molecule has 2 fully saturated rings. The third-order valence-electron chi connectivity index (χ3n) is 15.5. The van der Waals surface area contributed by atoms with Crippen LogP contribution in [0.2, 0.25) is 0 Å². The van der Waals surface area contributed by atoms with Gasteiger partial charge >= 0.3 is 11.8 Å². The van der Waals surface area contributed by atoms with Crippen LogP contribution < -0.4 is 20.8 Å². The Morgan fingerprint density at radius 2 is 1.61 bits per heavy atom. The van der Waals surface area contributed by atoms with Crippen LogP contribution >= 0.6 is 0 Å². The first kappa shape index (κ1) is 56.6. The summed E-state index contributed by atoms with van der Waals surface area (Å²) in [4.78, 5) is 77.2. The maximum atomic E-state index is 14.9. The number of phenolic OH excluding ortho intramolecular Hbond substituents is 2. The summed E-state index contributed by atoms with van der Waals surface area (Å²) in [6, 6.07) is 0. The van der Waals surface area contributed by atoms with E-state index >= 15 is 0 Å². The number of aliphatic hydroxyl groups is 2. The van der Waals surface area contributed by atoms with Gasteiger partial charge in [0.2, 0.25) is 5.91 Å². The van der Waals surface area contributed by atoms with Crippen LogP contribution in [0, 0.1) is 36.5 Å². The van der Waals surface area contributed by atoms with E-state index in [1.165, 1.54) is 13.2 Å². The van der Waals surface area contributed by atoms with Crippen LogP contribution in [0.15, 0.2) is 58.5 Å². The summed E-state index contributed by atoms with van der Waals surface area (Å²) in [7, 11) is 2.95. The Hall–Kier alpha value is -6.15. The van der Waals surface area contributed by atoms with E-state index in [4.69, 9.17) is 29.3 Å². The fraction of sp³-hybridized carbons (Fsp3) is 0.589. The molecule has 408 valence electrons. The van der Waals surface area contributed by atoms with E-state index in [0.29, 0.717) is 76.6 Å². The zero-order valence-electron chi connectivity index (χ0n) is 45.6. The van der Waals surface area contributed by atoms with Crippen LogP contribution in [0.5, 0.6) is 17.2 Å². The highest BCUT2D eigenvalue weighted by Gasteiger charge is 2.50. The molecule has 3 aromatic rings. The Morgan fingerprint density at radius 3 is 2.27 bits per heavy atom. The molecule has 2 amide bonds. The quantitative estimate of drug-likeness (QED) is 0.116. The molecule has 0 radical (unpaired) electrons. The van der Waals surface area contributed by atoms with Gasteiger partial charge in [-0.15, -0.1) is 0 Å². The van der Waals surface area contributed by atoms with Crippen molar-refractivity contribution < 1.29 is 53.8 Å². The predicted molar refractivity (Wildman–Crippen MR) is 282 cm³/mol. The molecule has 7 heterocycles. The number of ether oxygens (including phenoxy) is 3. The lowest BCUT2D eigenvalue weighted by Crippen LogP contribution is -2.49. The Balaban J connectivity index is 0.00000405. The van der Waals surface area contributed by atoms with E-state index < -0.39 is 65.3 Å². The van der Waals surface area contributed by atoms with Crippen LogP contribution in [0.25, 0.3) is 10.8 Å². The molecule has 19 heteroatoms. The Bertz CT molecular complexity index is 2860. The molecule has 0 aliphatic carbocycles. The van der Waals surface area contributed by atoms with Gasteiger partial charge in [0, 0.05) is 115 Å². The van der Waals surface area contributed by atoms with Crippen molar-refractivity contribution in [1.29, 1.82) is 0 Å². The number of hydrogen-bond acceptors (Lipinski definition) is 16. The zero-order valence-corrected chi connectivity index (χ0v) is 45.6. The zero-order chi connectivity index (χ0) is 54.7. The second kappa shape index (κ2) is 23.4. The average Bonchev–Trinajstić information content (AvgIpc) is 4.05. The second-order valence-electron chi connectivity index (χ2n) is 21.8. The van der Waals surface area contributed by atoms with Gasteiger partial charge in [-0.3, -0.25) is 34.1 Å². The number of fused-ring (bicyclic) bond motifs is 13. The van der Waals surface area contributed by atoms with Crippen LogP contribution in [0.1, 0.15) is 109 Å². The molecule has 5 N–H and O–H groups in total. The minimum absolute atomic E-state index is 0.0202. The number of ketones is 1. The maximum absolute atomic E-state index is 14.9. The number of aromatic hydroxyl groups is 2. The van der Waals surface area contributed by atoms with Crippen molar-refractivity contribution in [2.75, 3.05) is 58.2 Å². The Morgan fingerprint density at radius 1 is 0.933 bits per heavy atom. The molecule has 75 heavy (non-hydrogen) atoms. The number of aryl methyl sites for hydroxylation is 1. The number of hydrogen-bond donors (Lipinski definition) is 5. The number of nitrogens with one attached hydrogen (secondary N) is 1. The monoisotopic (exact) mass is 1040 g/mol. The summed E-state index contributed by atoms with van der Waals surface area (Å²) in [6.07, 6.45) is 11.9. The topological polar surface area (TPSA) is 241 Å². The number of likely N-dealkylation sites (tertiary alicyclic amines) is 1. The number of nitrogens with zero attached hydrogens (tertiary/aromatic N) is 7. The van der Waals surface area contributed by atoms with Gasteiger partial charge in [-0.2, -0.15) is 0 Å². The summed E-state index contributed by atoms with van der Waals surface area (Å²) in [6.45, 7) is 21.9. The molecule has 2 saturated heterocycles. The van der Waals surface area contributed by atoms with E-state index in [0.717, 1.165) is 19.5 Å². The van der Waals surface area contributed by atoms with Gasteiger partial charge in [0.15, 0.2) is 11.4 Å². The summed E-state index contributed by atoms with van der Waals surface area (Å²) < 4.78 is 20.7. The molecule has 1 aromatic heterocycles. The lowest BCUT2D eigenvalue weighted by atomic mass is 9.80. The van der Waals surface area contributed by atoms with E-state index in [9.17, 15) is 34.5 Å². The number of piperidine rings is 1. The highest BCUT2D eigenvalue weighted by atomic mass is 16.7. The number of amides is 2. The highest BCUT2D eigenvalue weighted by molar-refractivity contribution is 6.19. The van der Waals surface area contributed by atoms with Gasteiger partial charge < -0.3 is 54.3 Å². The number of allylic oxidation sites excluding steroid dienone is 4. The molecular formula is C56H78N8O11. The Kier molecular flexibility index (Phi) is 17.6. The SMILES string of the molecule is C/C1=C/C=C/C(C)C[C@@H](C)C(O)[C@@H](C)C(OC(=O)CC(=O)N2CCN(Cc3nccn3C)CC2)[C@H](C)C/C=C/OC2(C)Oc3c(C)c(O)c4c(O)c(c5c(c4c3C2=O)=NC2(CCN(CC(C)C)CC2)N=5)NC1=O.CO. The van der Waals surface area contributed by atoms with Crippen molar-refractivity contribution in [1.82, 2.24) is 24.3 Å². The molecule has 6 aliphatic heterocycles. The molecule has 6 aliphatic rings. The van der Waals surface area contributed by atoms with Gasteiger partial charge in [0.25, 0.3) is 11.7 Å². The third-order valence-corrected chi connectivity index (χ3v) is 15.5. The molecule has 0 saturated carbocycles. The normalized spacial score (nSPS) is 28.0. The first-order valence-electron chi connectivity index (χ1n) is 26.4. The summed E-state index contributed by atoms with van der Waals surface area (Å²) >= 11 is 0. The van der Waals surface area contributed by atoms with Gasteiger partial charge in [0.1, 0.15) is 40.9 Å². The largest absolute Gasteiger partial charge is 0.507 e. The van der Waals surface area contributed by atoms with E-state index in [2.05, 4.69) is 33.9 Å².